The Morgan fingerprint density at radius 2 is 0.818 bits per heavy atom. The van der Waals surface area contributed by atoms with Crippen LogP contribution in [0.2, 0.25) is 0 Å². The van der Waals surface area contributed by atoms with Gasteiger partial charge in [0.25, 0.3) is 0 Å². The van der Waals surface area contributed by atoms with Crippen LogP contribution in [-0.4, -0.2) is 69.2 Å². The largest absolute Gasteiger partial charge is 0.388 e. The Hall–Kier alpha value is -0.200. The molecule has 1 rings (SSSR count). The van der Waals surface area contributed by atoms with E-state index in [1.54, 1.807) is 21.3 Å². The Bertz CT molecular complexity index is 149. The molecule has 0 spiro atoms. The number of rotatable bonds is 4. The van der Waals surface area contributed by atoms with E-state index in [2.05, 4.69) is 94.7 Å². The molecule has 3 N–H and O–H groups in total. The molecule has 0 aromatic rings. The predicted octanol–water partition coefficient (Wildman–Crippen LogP) is 7.50. The fourth-order valence-corrected chi connectivity index (χ4v) is 0.167. The fraction of sp³-hybridized carbons (Fsp3) is 1.00. The molecule has 0 saturated heterocycles. The van der Waals surface area contributed by atoms with Crippen LogP contribution in [0.4, 0.5) is 0 Å². The van der Waals surface area contributed by atoms with Crippen molar-refractivity contribution in [1.82, 2.24) is 16.0 Å². The average molecular weight is 486 g/mol. The van der Waals surface area contributed by atoms with E-state index >= 15 is 0 Å². The minimum atomic E-state index is 0.819. The lowest BCUT2D eigenvalue weighted by molar-refractivity contribution is 0.215. The van der Waals surface area contributed by atoms with Gasteiger partial charge in [0.1, 0.15) is 0 Å². The maximum absolute atomic E-state index is 4.54. The monoisotopic (exact) mass is 486 g/mol. The zero-order valence-electron chi connectivity index (χ0n) is 27.1. The second kappa shape index (κ2) is 85.4. The SMILES string of the molecule is CC(C)C.CC1CC1.CCC.CCCC.CCNC.CCNC.CCOC.CNC.COC. The van der Waals surface area contributed by atoms with E-state index in [1.807, 2.05) is 35.1 Å². The van der Waals surface area contributed by atoms with Crippen LogP contribution in [0.1, 0.15) is 108 Å². The Morgan fingerprint density at radius 1 is 0.697 bits per heavy atom. The molecule has 1 saturated carbocycles. The quantitative estimate of drug-likeness (QED) is 0.385. The molecule has 5 nitrogen and oxygen atoms in total. The van der Waals surface area contributed by atoms with Crippen molar-refractivity contribution in [3.05, 3.63) is 0 Å². The lowest BCUT2D eigenvalue weighted by Gasteiger charge is -1.79. The van der Waals surface area contributed by atoms with Crippen molar-refractivity contribution in [2.45, 2.75) is 108 Å². The summed E-state index contributed by atoms with van der Waals surface area (Å²) < 4.78 is 8.79. The summed E-state index contributed by atoms with van der Waals surface area (Å²) in [5.41, 5.74) is 0. The van der Waals surface area contributed by atoms with Gasteiger partial charge in [0.05, 0.1) is 0 Å². The van der Waals surface area contributed by atoms with E-state index < -0.39 is 0 Å². The Kier molecular flexibility index (Phi) is 139. The van der Waals surface area contributed by atoms with Gasteiger partial charge in [-0.1, -0.05) is 101 Å². The van der Waals surface area contributed by atoms with Gasteiger partial charge in [-0.2, -0.15) is 0 Å². The van der Waals surface area contributed by atoms with Crippen molar-refractivity contribution < 1.29 is 9.47 Å². The van der Waals surface area contributed by atoms with Crippen molar-refractivity contribution in [3.63, 3.8) is 0 Å². The predicted molar refractivity (Wildman–Crippen MR) is 160 cm³/mol. The first-order chi connectivity index (χ1) is 15.5. The highest BCUT2D eigenvalue weighted by molar-refractivity contribution is 4.65. The summed E-state index contributed by atoms with van der Waals surface area (Å²) in [5.74, 6) is 1.92. The molecule has 0 bridgehead atoms. The van der Waals surface area contributed by atoms with Crippen LogP contribution in [-0.2, 0) is 9.47 Å². The number of ether oxygens (including phenoxy) is 2. The third-order valence-corrected chi connectivity index (χ3v) is 2.36. The number of unbranched alkanes of at least 4 members (excludes halogenated alkanes) is 1. The summed E-state index contributed by atoms with van der Waals surface area (Å²) in [6, 6.07) is 0. The molecule has 0 aromatic heterocycles. The number of methoxy groups -OCH3 is 2. The summed E-state index contributed by atoms with van der Waals surface area (Å²) in [6.45, 7) is 26.4. The van der Waals surface area contributed by atoms with E-state index in [9.17, 15) is 0 Å². The summed E-state index contributed by atoms with van der Waals surface area (Å²) in [7, 11) is 12.5. The lowest BCUT2D eigenvalue weighted by Crippen LogP contribution is -2.01. The van der Waals surface area contributed by atoms with Gasteiger partial charge in [-0.15, -0.1) is 0 Å². The summed E-state index contributed by atoms with van der Waals surface area (Å²) in [5, 5.41) is 8.61. The standard InChI is InChI=1S/C4H8.2C4H10.2C3H9N.C3H8O.C3H8.C2H7N.C2H6O/c1-4-2-3-4;1-4(2)3;4*1-3-4-2;3*1-3-2/h4H,2-3H2,1H3;4H,1-3H3;3-4H2,1-2H3;2*4H,3H2,1-2H3;3H2,1-2H3;3H2,1-2H3;3H,1-2H3;1-2H3. The minimum Gasteiger partial charge on any atom is -0.388 e. The number of hydrogen-bond acceptors (Lipinski definition) is 5. The third-order valence-electron chi connectivity index (χ3n) is 2.36. The van der Waals surface area contributed by atoms with Gasteiger partial charge >= 0.3 is 0 Å². The van der Waals surface area contributed by atoms with Crippen LogP contribution >= 0.6 is 0 Å². The second-order valence-corrected chi connectivity index (χ2v) is 8.02. The van der Waals surface area contributed by atoms with Gasteiger partial charge in [0, 0.05) is 27.9 Å². The second-order valence-electron chi connectivity index (χ2n) is 8.02. The van der Waals surface area contributed by atoms with Crippen molar-refractivity contribution in [2.24, 2.45) is 11.8 Å². The van der Waals surface area contributed by atoms with Crippen LogP contribution in [0.3, 0.4) is 0 Å². The zero-order chi connectivity index (χ0) is 28.3. The highest BCUT2D eigenvalue weighted by Crippen LogP contribution is 2.26. The van der Waals surface area contributed by atoms with Gasteiger partial charge in [0.2, 0.25) is 0 Å². The molecular formula is C28H75N3O2. The molecule has 0 aromatic carbocycles. The van der Waals surface area contributed by atoms with Crippen LogP contribution in [0.15, 0.2) is 0 Å². The minimum absolute atomic E-state index is 0.819. The van der Waals surface area contributed by atoms with Gasteiger partial charge in [0.15, 0.2) is 0 Å². The van der Waals surface area contributed by atoms with Crippen LogP contribution in [0.25, 0.3) is 0 Å². The molecule has 0 amide bonds. The molecule has 0 unspecified atom stereocenters. The van der Waals surface area contributed by atoms with Crippen LogP contribution in [0, 0.1) is 11.8 Å². The first-order valence-corrected chi connectivity index (χ1v) is 13.3. The van der Waals surface area contributed by atoms with E-state index in [0.29, 0.717) is 0 Å². The Balaban J connectivity index is -0.0000000356. The highest BCUT2D eigenvalue weighted by Gasteiger charge is 2.12. The number of hydrogen-bond donors (Lipinski definition) is 3. The molecule has 0 aliphatic heterocycles. The molecule has 0 radical (unpaired) electrons. The Morgan fingerprint density at radius 3 is 0.818 bits per heavy atom. The van der Waals surface area contributed by atoms with Crippen molar-refractivity contribution in [1.29, 1.82) is 0 Å². The smallest absolute Gasteiger partial charge is 0.0433 e. The number of nitrogens with one attached hydrogen (secondary N) is 3. The van der Waals surface area contributed by atoms with Gasteiger partial charge in [-0.3, -0.25) is 0 Å². The van der Waals surface area contributed by atoms with Crippen LogP contribution < -0.4 is 16.0 Å². The fourth-order valence-electron chi connectivity index (χ4n) is 0.167. The molecule has 1 fully saturated rings. The van der Waals surface area contributed by atoms with Crippen molar-refractivity contribution in [2.75, 3.05) is 69.2 Å². The van der Waals surface area contributed by atoms with Gasteiger partial charge in [-0.25, -0.2) is 0 Å². The normalized spacial score (nSPS) is 9.55. The molecule has 5 heteroatoms. The maximum Gasteiger partial charge on any atom is 0.0433 e. The molecule has 33 heavy (non-hydrogen) atoms. The van der Waals surface area contributed by atoms with E-state index in [-0.39, 0.29) is 0 Å². The first-order valence-electron chi connectivity index (χ1n) is 13.3. The molecule has 214 valence electrons. The van der Waals surface area contributed by atoms with Gasteiger partial charge < -0.3 is 25.4 Å². The summed E-state index contributed by atoms with van der Waals surface area (Å²) in [6.07, 6.45) is 6.86. The lowest BCUT2D eigenvalue weighted by atomic mass is 10.3. The maximum atomic E-state index is 4.54. The summed E-state index contributed by atoms with van der Waals surface area (Å²) in [4.78, 5) is 0. The zero-order valence-corrected chi connectivity index (χ0v) is 27.1. The molecule has 1 aliphatic carbocycles. The van der Waals surface area contributed by atoms with Crippen molar-refractivity contribution in [3.8, 4) is 0 Å². The topological polar surface area (TPSA) is 54.5 Å². The molecule has 1 aliphatic rings. The molecule has 0 atom stereocenters. The van der Waals surface area contributed by atoms with Gasteiger partial charge in [-0.05, 0) is 60.0 Å². The van der Waals surface area contributed by atoms with Crippen molar-refractivity contribution >= 4 is 0 Å². The van der Waals surface area contributed by atoms with E-state index in [0.717, 1.165) is 31.5 Å². The third kappa shape index (κ3) is 611. The molecular weight excluding hydrogens is 410 g/mol. The average Bonchev–Trinajstić information content (AvgIpc) is 3.57. The molecule has 0 heterocycles. The summed E-state index contributed by atoms with van der Waals surface area (Å²) >= 11 is 0. The van der Waals surface area contributed by atoms with E-state index in [1.165, 1.54) is 32.1 Å². The first kappa shape index (κ1) is 53.9. The van der Waals surface area contributed by atoms with E-state index in [4.69, 9.17) is 0 Å². The van der Waals surface area contributed by atoms with Crippen LogP contribution in [0.5, 0.6) is 0 Å². The Labute approximate surface area is 215 Å². The highest BCUT2D eigenvalue weighted by atomic mass is 16.5.